The molecule has 0 heterocycles. The third-order valence-corrected chi connectivity index (χ3v) is 2.26. The monoisotopic (exact) mass is 238 g/mol. The second-order valence-electron chi connectivity index (χ2n) is 3.55. The highest BCUT2D eigenvalue weighted by atomic mass is 16.7. The Hall–Kier alpha value is -2.11. The minimum absolute atomic E-state index is 0.0420. The summed E-state index contributed by atoms with van der Waals surface area (Å²) in [7, 11) is 0. The smallest absolute Gasteiger partial charge is 0.303 e. The first-order valence-corrected chi connectivity index (χ1v) is 5.30. The fourth-order valence-corrected chi connectivity index (χ4v) is 1.44. The molecule has 0 radical (unpaired) electrons. The van der Waals surface area contributed by atoms with Gasteiger partial charge in [0.2, 0.25) is 0 Å². The lowest BCUT2D eigenvalue weighted by molar-refractivity contribution is -0.494. The van der Waals surface area contributed by atoms with Crippen molar-refractivity contribution in [3.63, 3.8) is 0 Å². The largest absolute Gasteiger partial charge is 0.481 e. The Morgan fingerprint density at radius 1 is 1.29 bits per heavy atom. The molecule has 0 atom stereocenters. The normalized spacial score (nSPS) is 9.88. The Labute approximate surface area is 98.6 Å². The van der Waals surface area contributed by atoms with Gasteiger partial charge in [-0.1, -0.05) is 23.2 Å². The number of nitro groups is 1. The van der Waals surface area contributed by atoms with Crippen molar-refractivity contribution in [3.8, 4) is 0 Å². The molecule has 0 spiro atoms. The number of benzene rings is 1. The number of carboxylic acid groups (broad SMARTS) is 1. The van der Waals surface area contributed by atoms with Crippen molar-refractivity contribution < 1.29 is 14.9 Å². The molecule has 1 aromatic carbocycles. The molecule has 0 aromatic heterocycles. The third kappa shape index (κ3) is 4.50. The molecule has 6 heteroatoms. The maximum Gasteiger partial charge on any atom is 0.303 e. The Morgan fingerprint density at radius 2 is 1.94 bits per heavy atom. The van der Waals surface area contributed by atoms with Gasteiger partial charge in [0.25, 0.3) is 0 Å². The molecule has 6 nitrogen and oxygen atoms in total. The number of hydrogen-bond donors (Lipinski definition) is 1. The van der Waals surface area contributed by atoms with E-state index in [1.54, 1.807) is 30.3 Å². The SMILES string of the molecule is O=C(O)CCCCN(c1ccccc1)[N+](=O)[O-]. The van der Waals surface area contributed by atoms with Crippen molar-refractivity contribution in [3.05, 3.63) is 40.4 Å². The number of anilines is 1. The lowest BCUT2D eigenvalue weighted by Gasteiger charge is -2.13. The van der Waals surface area contributed by atoms with Crippen LogP contribution in [-0.2, 0) is 4.79 Å². The zero-order chi connectivity index (χ0) is 12.7. The number of unbranched alkanes of at least 4 members (excludes halogenated alkanes) is 1. The maximum absolute atomic E-state index is 10.8. The predicted octanol–water partition coefficient (Wildman–Crippen LogP) is 1.94. The number of para-hydroxylation sites is 1. The molecular formula is C11H14N2O4. The van der Waals surface area contributed by atoms with Gasteiger partial charge in [0.05, 0.1) is 6.54 Å². The summed E-state index contributed by atoms with van der Waals surface area (Å²) in [6.07, 6.45) is 0.953. The summed E-state index contributed by atoms with van der Waals surface area (Å²) in [4.78, 5) is 21.1. The molecule has 17 heavy (non-hydrogen) atoms. The van der Waals surface area contributed by atoms with Crippen molar-refractivity contribution >= 4 is 11.7 Å². The number of rotatable bonds is 7. The molecule has 1 rings (SSSR count). The van der Waals surface area contributed by atoms with Crippen LogP contribution >= 0.6 is 0 Å². The molecule has 0 unspecified atom stereocenters. The highest BCUT2D eigenvalue weighted by molar-refractivity contribution is 5.66. The molecule has 92 valence electrons. The topological polar surface area (TPSA) is 83.7 Å². The van der Waals surface area contributed by atoms with Crippen molar-refractivity contribution in [2.24, 2.45) is 0 Å². The van der Waals surface area contributed by atoms with Crippen LogP contribution in [0.2, 0.25) is 0 Å². The number of carboxylic acids is 1. The van der Waals surface area contributed by atoms with Crippen LogP contribution in [0.4, 0.5) is 5.69 Å². The molecule has 0 aliphatic carbocycles. The van der Waals surface area contributed by atoms with Crippen LogP contribution in [0.15, 0.2) is 30.3 Å². The first-order chi connectivity index (χ1) is 8.11. The number of aliphatic carboxylic acids is 1. The van der Waals surface area contributed by atoms with E-state index in [9.17, 15) is 14.9 Å². The van der Waals surface area contributed by atoms with Crippen molar-refractivity contribution in [2.75, 3.05) is 11.6 Å². The molecule has 0 saturated carbocycles. The van der Waals surface area contributed by atoms with Crippen LogP contribution in [0.1, 0.15) is 19.3 Å². The van der Waals surface area contributed by atoms with Gasteiger partial charge in [0, 0.05) is 6.42 Å². The quantitative estimate of drug-likeness (QED) is 0.446. The van der Waals surface area contributed by atoms with Crippen molar-refractivity contribution in [1.29, 1.82) is 0 Å². The highest BCUT2D eigenvalue weighted by Gasteiger charge is 2.15. The summed E-state index contributed by atoms with van der Waals surface area (Å²) in [6.45, 7) is 0.213. The lowest BCUT2D eigenvalue weighted by atomic mass is 10.2. The van der Waals surface area contributed by atoms with Gasteiger partial charge in [-0.15, -0.1) is 0 Å². The molecule has 0 fully saturated rings. The maximum atomic E-state index is 10.8. The molecular weight excluding hydrogens is 224 g/mol. The number of carbonyl (C=O) groups is 1. The Bertz CT molecular complexity index is 380. The lowest BCUT2D eigenvalue weighted by Crippen LogP contribution is -2.30. The standard InChI is InChI=1S/C11H14N2O4/c14-11(15)8-4-5-9-12(13(16)17)10-6-2-1-3-7-10/h1-3,6-7H,4-5,8-9H2,(H,14,15). The van der Waals surface area contributed by atoms with Gasteiger partial charge in [-0.3, -0.25) is 4.79 Å². The van der Waals surface area contributed by atoms with Gasteiger partial charge in [-0.05, 0) is 25.0 Å². The zero-order valence-electron chi connectivity index (χ0n) is 9.28. The second kappa shape index (κ2) is 6.47. The van der Waals surface area contributed by atoms with E-state index in [0.717, 1.165) is 5.01 Å². The molecule has 0 amide bonds. The predicted molar refractivity (Wildman–Crippen MR) is 62.3 cm³/mol. The summed E-state index contributed by atoms with van der Waals surface area (Å²) >= 11 is 0. The van der Waals surface area contributed by atoms with Crippen LogP contribution in [-0.4, -0.2) is 22.7 Å². The van der Waals surface area contributed by atoms with Gasteiger partial charge in [-0.2, -0.15) is 0 Å². The summed E-state index contributed by atoms with van der Waals surface area (Å²) in [6, 6.07) is 8.54. The van der Waals surface area contributed by atoms with E-state index in [4.69, 9.17) is 5.11 Å². The van der Waals surface area contributed by atoms with Crippen molar-refractivity contribution in [1.82, 2.24) is 0 Å². The van der Waals surface area contributed by atoms with Gasteiger partial charge in [0.1, 0.15) is 5.69 Å². The van der Waals surface area contributed by atoms with E-state index in [1.165, 1.54) is 0 Å². The van der Waals surface area contributed by atoms with Crippen LogP contribution in [0, 0.1) is 10.1 Å². The fraction of sp³-hybridized carbons (Fsp3) is 0.364. The van der Waals surface area contributed by atoms with Gasteiger partial charge < -0.3 is 5.11 Å². The van der Waals surface area contributed by atoms with Crippen molar-refractivity contribution in [2.45, 2.75) is 19.3 Å². The first kappa shape index (κ1) is 13.0. The minimum atomic E-state index is -0.877. The zero-order valence-corrected chi connectivity index (χ0v) is 9.28. The second-order valence-corrected chi connectivity index (χ2v) is 3.55. The van der Waals surface area contributed by atoms with Crippen LogP contribution in [0.3, 0.4) is 0 Å². The average molecular weight is 238 g/mol. The fourth-order valence-electron chi connectivity index (χ4n) is 1.44. The number of nitrogens with zero attached hydrogens (tertiary/aromatic N) is 2. The van der Waals surface area contributed by atoms with Gasteiger partial charge >= 0.3 is 5.97 Å². The van der Waals surface area contributed by atoms with Gasteiger partial charge in [-0.25, -0.2) is 10.1 Å². The molecule has 1 N–H and O–H groups in total. The summed E-state index contributed by atoms with van der Waals surface area (Å²) in [5.41, 5.74) is 0.507. The molecule has 0 aliphatic rings. The van der Waals surface area contributed by atoms with E-state index in [2.05, 4.69) is 0 Å². The Kier molecular flexibility index (Phi) is 4.93. The van der Waals surface area contributed by atoms with E-state index in [0.29, 0.717) is 18.5 Å². The van der Waals surface area contributed by atoms with Crippen LogP contribution in [0.25, 0.3) is 0 Å². The summed E-state index contributed by atoms with van der Waals surface area (Å²) < 4.78 is 0. The average Bonchev–Trinajstić information content (AvgIpc) is 2.29. The molecule has 0 saturated heterocycles. The minimum Gasteiger partial charge on any atom is -0.481 e. The number of hydrazine groups is 1. The first-order valence-electron chi connectivity index (χ1n) is 5.30. The summed E-state index contributed by atoms with van der Waals surface area (Å²) in [5, 5.41) is 19.9. The molecule has 0 bridgehead atoms. The Balaban J connectivity index is 2.51. The van der Waals surface area contributed by atoms with E-state index >= 15 is 0 Å². The van der Waals surface area contributed by atoms with E-state index in [1.807, 2.05) is 0 Å². The van der Waals surface area contributed by atoms with Crippen LogP contribution in [0.5, 0.6) is 0 Å². The molecule has 0 aliphatic heterocycles. The molecule has 1 aromatic rings. The highest BCUT2D eigenvalue weighted by Crippen LogP contribution is 2.14. The number of hydrogen-bond acceptors (Lipinski definition) is 3. The van der Waals surface area contributed by atoms with E-state index in [-0.39, 0.29) is 13.0 Å². The Morgan fingerprint density at radius 3 is 2.47 bits per heavy atom. The van der Waals surface area contributed by atoms with Crippen LogP contribution < -0.4 is 5.01 Å². The van der Waals surface area contributed by atoms with E-state index < -0.39 is 11.0 Å². The summed E-state index contributed by atoms with van der Waals surface area (Å²) in [5.74, 6) is -0.877. The third-order valence-electron chi connectivity index (χ3n) is 2.26. The van der Waals surface area contributed by atoms with Gasteiger partial charge in [0.15, 0.2) is 5.03 Å².